The lowest BCUT2D eigenvalue weighted by Crippen LogP contribution is -1.90. The SMILES string of the molecule is COc1ccc(-c2ncnc3cc(F)ccc23)cc1. The van der Waals surface area contributed by atoms with Crippen molar-refractivity contribution < 1.29 is 9.13 Å². The maximum Gasteiger partial charge on any atom is 0.125 e. The van der Waals surface area contributed by atoms with E-state index in [-0.39, 0.29) is 5.82 Å². The normalized spacial score (nSPS) is 10.6. The Balaban J connectivity index is 2.18. The third kappa shape index (κ3) is 2.12. The number of hydrogen-bond donors (Lipinski definition) is 0. The Kier molecular flexibility index (Phi) is 2.83. The zero-order valence-corrected chi connectivity index (χ0v) is 10.3. The maximum absolute atomic E-state index is 13.2. The first-order valence-corrected chi connectivity index (χ1v) is 5.82. The van der Waals surface area contributed by atoms with Crippen LogP contribution in [0.15, 0.2) is 48.8 Å². The van der Waals surface area contributed by atoms with Crippen LogP contribution in [-0.4, -0.2) is 17.1 Å². The van der Waals surface area contributed by atoms with Gasteiger partial charge >= 0.3 is 0 Å². The molecule has 2 aromatic carbocycles. The summed E-state index contributed by atoms with van der Waals surface area (Å²) in [7, 11) is 1.62. The molecule has 3 aromatic rings. The molecule has 3 rings (SSSR count). The number of aromatic nitrogens is 2. The van der Waals surface area contributed by atoms with Crippen LogP contribution in [-0.2, 0) is 0 Å². The molecule has 0 N–H and O–H groups in total. The van der Waals surface area contributed by atoms with Gasteiger partial charge in [-0.15, -0.1) is 0 Å². The third-order valence-electron chi connectivity index (χ3n) is 2.96. The largest absolute Gasteiger partial charge is 0.497 e. The minimum absolute atomic E-state index is 0.299. The summed E-state index contributed by atoms with van der Waals surface area (Å²) in [5.74, 6) is 0.486. The number of halogens is 1. The van der Waals surface area contributed by atoms with Gasteiger partial charge < -0.3 is 4.74 Å². The highest BCUT2D eigenvalue weighted by Gasteiger charge is 2.07. The molecular formula is C15H11FN2O. The van der Waals surface area contributed by atoms with E-state index in [2.05, 4.69) is 9.97 Å². The summed E-state index contributed by atoms with van der Waals surface area (Å²) in [6, 6.07) is 12.1. The van der Waals surface area contributed by atoms with Gasteiger partial charge in [0.25, 0.3) is 0 Å². The van der Waals surface area contributed by atoms with Crippen LogP contribution in [0.4, 0.5) is 4.39 Å². The van der Waals surface area contributed by atoms with Crippen molar-refractivity contribution in [1.82, 2.24) is 9.97 Å². The fourth-order valence-corrected chi connectivity index (χ4v) is 2.01. The molecule has 0 aliphatic heterocycles. The summed E-state index contributed by atoms with van der Waals surface area (Å²) in [6.07, 6.45) is 1.45. The predicted octanol–water partition coefficient (Wildman–Crippen LogP) is 3.44. The number of ether oxygens (including phenoxy) is 1. The molecule has 4 heteroatoms. The second-order valence-electron chi connectivity index (χ2n) is 4.11. The molecule has 19 heavy (non-hydrogen) atoms. The van der Waals surface area contributed by atoms with Crippen LogP contribution >= 0.6 is 0 Å². The molecular weight excluding hydrogens is 243 g/mol. The van der Waals surface area contributed by atoms with E-state index in [9.17, 15) is 4.39 Å². The lowest BCUT2D eigenvalue weighted by molar-refractivity contribution is 0.415. The topological polar surface area (TPSA) is 35.0 Å². The van der Waals surface area contributed by atoms with Crippen LogP contribution in [0.3, 0.4) is 0 Å². The van der Waals surface area contributed by atoms with Gasteiger partial charge in [-0.05, 0) is 36.4 Å². The van der Waals surface area contributed by atoms with Gasteiger partial charge in [0, 0.05) is 17.0 Å². The molecule has 0 aliphatic carbocycles. The van der Waals surface area contributed by atoms with Gasteiger partial charge in [-0.2, -0.15) is 0 Å². The summed E-state index contributed by atoms with van der Waals surface area (Å²) in [5, 5.41) is 0.828. The van der Waals surface area contributed by atoms with E-state index in [0.717, 1.165) is 22.4 Å². The van der Waals surface area contributed by atoms with Crippen molar-refractivity contribution in [2.24, 2.45) is 0 Å². The van der Waals surface area contributed by atoms with Crippen LogP contribution in [0.25, 0.3) is 22.2 Å². The number of methoxy groups -OCH3 is 1. The average molecular weight is 254 g/mol. The number of nitrogens with zero attached hydrogens (tertiary/aromatic N) is 2. The van der Waals surface area contributed by atoms with E-state index in [1.165, 1.54) is 18.5 Å². The quantitative estimate of drug-likeness (QED) is 0.702. The van der Waals surface area contributed by atoms with Gasteiger partial charge in [0.05, 0.1) is 18.3 Å². The minimum atomic E-state index is -0.299. The average Bonchev–Trinajstić information content (AvgIpc) is 2.46. The predicted molar refractivity (Wildman–Crippen MR) is 71.5 cm³/mol. The smallest absolute Gasteiger partial charge is 0.125 e. The zero-order chi connectivity index (χ0) is 13.2. The molecule has 1 aromatic heterocycles. The fraction of sp³-hybridized carbons (Fsp3) is 0.0667. The van der Waals surface area contributed by atoms with Gasteiger partial charge in [-0.3, -0.25) is 0 Å². The summed E-state index contributed by atoms with van der Waals surface area (Å²) in [4.78, 5) is 8.37. The van der Waals surface area contributed by atoms with E-state index < -0.39 is 0 Å². The molecule has 94 valence electrons. The highest BCUT2D eigenvalue weighted by molar-refractivity contribution is 5.92. The van der Waals surface area contributed by atoms with Crippen molar-refractivity contribution in [2.45, 2.75) is 0 Å². The molecule has 0 saturated carbocycles. The second kappa shape index (κ2) is 4.65. The maximum atomic E-state index is 13.2. The molecule has 1 heterocycles. The lowest BCUT2D eigenvalue weighted by atomic mass is 10.1. The summed E-state index contributed by atoms with van der Waals surface area (Å²) in [6.45, 7) is 0. The van der Waals surface area contributed by atoms with Crippen molar-refractivity contribution >= 4 is 10.9 Å². The first-order valence-electron chi connectivity index (χ1n) is 5.82. The van der Waals surface area contributed by atoms with Crippen LogP contribution in [0.2, 0.25) is 0 Å². The molecule has 0 radical (unpaired) electrons. The van der Waals surface area contributed by atoms with Gasteiger partial charge in [0.1, 0.15) is 17.9 Å². The molecule has 0 fully saturated rings. The van der Waals surface area contributed by atoms with Gasteiger partial charge in [-0.25, -0.2) is 14.4 Å². The number of rotatable bonds is 2. The molecule has 0 bridgehead atoms. The number of fused-ring (bicyclic) bond motifs is 1. The molecule has 0 amide bonds. The summed E-state index contributed by atoms with van der Waals surface area (Å²) < 4.78 is 18.3. The Hall–Kier alpha value is -2.49. The highest BCUT2D eigenvalue weighted by atomic mass is 19.1. The van der Waals surface area contributed by atoms with Crippen LogP contribution in [0.5, 0.6) is 5.75 Å². The summed E-state index contributed by atoms with van der Waals surface area (Å²) >= 11 is 0. The van der Waals surface area contributed by atoms with E-state index in [0.29, 0.717) is 5.52 Å². The number of hydrogen-bond acceptors (Lipinski definition) is 3. The van der Waals surface area contributed by atoms with Gasteiger partial charge in [-0.1, -0.05) is 0 Å². The van der Waals surface area contributed by atoms with E-state index in [1.54, 1.807) is 13.2 Å². The second-order valence-corrected chi connectivity index (χ2v) is 4.11. The van der Waals surface area contributed by atoms with Crippen molar-refractivity contribution in [1.29, 1.82) is 0 Å². The first-order chi connectivity index (χ1) is 9.28. The Morgan fingerprint density at radius 3 is 2.53 bits per heavy atom. The van der Waals surface area contributed by atoms with Crippen molar-refractivity contribution in [3.8, 4) is 17.0 Å². The molecule has 0 unspecified atom stereocenters. The van der Waals surface area contributed by atoms with Crippen molar-refractivity contribution in [3.63, 3.8) is 0 Å². The van der Waals surface area contributed by atoms with Crippen LogP contribution < -0.4 is 4.74 Å². The zero-order valence-electron chi connectivity index (χ0n) is 10.3. The standard InChI is InChI=1S/C15H11FN2O/c1-19-12-5-2-10(3-6-12)15-13-7-4-11(16)8-14(13)17-9-18-15/h2-9H,1H3. The Bertz CT molecular complexity index is 726. The van der Waals surface area contributed by atoms with Crippen molar-refractivity contribution in [3.05, 3.63) is 54.6 Å². The van der Waals surface area contributed by atoms with Crippen LogP contribution in [0, 0.1) is 5.82 Å². The molecule has 0 saturated heterocycles. The Labute approximate surface area is 109 Å². The van der Waals surface area contributed by atoms with E-state index in [1.807, 2.05) is 24.3 Å². The highest BCUT2D eigenvalue weighted by Crippen LogP contribution is 2.27. The van der Waals surface area contributed by atoms with Crippen molar-refractivity contribution in [2.75, 3.05) is 7.11 Å². The molecule has 3 nitrogen and oxygen atoms in total. The number of benzene rings is 2. The Morgan fingerprint density at radius 2 is 1.79 bits per heavy atom. The minimum Gasteiger partial charge on any atom is -0.497 e. The Morgan fingerprint density at radius 1 is 1.00 bits per heavy atom. The monoisotopic (exact) mass is 254 g/mol. The lowest BCUT2D eigenvalue weighted by Gasteiger charge is -2.06. The van der Waals surface area contributed by atoms with Gasteiger partial charge in [0.15, 0.2) is 0 Å². The molecule has 0 atom stereocenters. The molecule has 0 aliphatic rings. The van der Waals surface area contributed by atoms with E-state index in [4.69, 9.17) is 4.74 Å². The summed E-state index contributed by atoms with van der Waals surface area (Å²) in [5.41, 5.74) is 2.33. The third-order valence-corrected chi connectivity index (χ3v) is 2.96. The van der Waals surface area contributed by atoms with Crippen LogP contribution in [0.1, 0.15) is 0 Å². The van der Waals surface area contributed by atoms with Gasteiger partial charge in [0.2, 0.25) is 0 Å². The van der Waals surface area contributed by atoms with E-state index >= 15 is 0 Å². The molecule has 0 spiro atoms. The fourth-order valence-electron chi connectivity index (χ4n) is 2.01. The first kappa shape index (κ1) is 11.6.